The number of thioether (sulfide) groups is 1. The largest absolute Gasteiger partial charge is 0.470 e. The van der Waals surface area contributed by atoms with Crippen molar-refractivity contribution in [3.8, 4) is 0 Å². The molecule has 1 unspecified atom stereocenters. The summed E-state index contributed by atoms with van der Waals surface area (Å²) in [6.07, 6.45) is 14.7. The van der Waals surface area contributed by atoms with Gasteiger partial charge in [0.2, 0.25) is 4.38 Å². The summed E-state index contributed by atoms with van der Waals surface area (Å²) < 4.78 is 7.45. The van der Waals surface area contributed by atoms with Gasteiger partial charge >= 0.3 is 0 Å². The van der Waals surface area contributed by atoms with Crippen molar-refractivity contribution in [1.29, 1.82) is 0 Å². The molecule has 5 rings (SSSR count). The van der Waals surface area contributed by atoms with Gasteiger partial charge in [0.15, 0.2) is 0 Å². The van der Waals surface area contributed by atoms with E-state index in [0.717, 1.165) is 52.7 Å². The zero-order chi connectivity index (χ0) is 22.9. The van der Waals surface area contributed by atoms with Crippen LogP contribution in [0.3, 0.4) is 0 Å². The van der Waals surface area contributed by atoms with Crippen LogP contribution >= 0.6 is 35.6 Å². The number of thiocarbonyl (C=S) groups is 1. The van der Waals surface area contributed by atoms with Gasteiger partial charge < -0.3 is 4.74 Å². The molecule has 0 amide bonds. The van der Waals surface area contributed by atoms with E-state index in [-0.39, 0.29) is 16.4 Å². The van der Waals surface area contributed by atoms with Gasteiger partial charge in [0, 0.05) is 17.2 Å². The number of hydrogen-bond acceptors (Lipinski definition) is 3. The second-order valence-corrected chi connectivity index (χ2v) is 15.7. The van der Waals surface area contributed by atoms with E-state index in [1.165, 1.54) is 57.8 Å². The van der Waals surface area contributed by atoms with Gasteiger partial charge in [-0.1, -0.05) is 65.6 Å². The summed E-state index contributed by atoms with van der Waals surface area (Å²) in [4.78, 5) is 0. The number of hydrogen-bond donors (Lipinski definition) is 0. The quantitative estimate of drug-likeness (QED) is 0.277. The first-order valence-corrected chi connectivity index (χ1v) is 15.4. The van der Waals surface area contributed by atoms with Crippen molar-refractivity contribution in [3.05, 3.63) is 0 Å². The number of rotatable bonds is 5. The lowest BCUT2D eigenvalue weighted by atomic mass is 9.43. The zero-order valence-corrected chi connectivity index (χ0v) is 23.4. The second-order valence-electron chi connectivity index (χ2n) is 13.2. The molecule has 182 valence electrons. The molecule has 1 aliphatic heterocycles. The topological polar surface area (TPSA) is 9.23 Å². The molecular weight excluding hydrogens is 452 g/mol. The van der Waals surface area contributed by atoms with E-state index in [0.29, 0.717) is 10.7 Å². The van der Waals surface area contributed by atoms with Gasteiger partial charge in [-0.2, -0.15) is 0 Å². The Morgan fingerprint density at radius 3 is 2.59 bits per heavy atom. The minimum atomic E-state index is -0.101. The summed E-state index contributed by atoms with van der Waals surface area (Å²) in [6, 6.07) is 0. The van der Waals surface area contributed by atoms with Crippen molar-refractivity contribution in [1.82, 2.24) is 0 Å². The van der Waals surface area contributed by atoms with Gasteiger partial charge in [0.25, 0.3) is 0 Å². The molecule has 0 radical (unpaired) electrons. The van der Waals surface area contributed by atoms with Crippen LogP contribution in [0, 0.1) is 46.3 Å². The molecule has 1 nitrogen and oxygen atoms in total. The fourth-order valence-corrected chi connectivity index (χ4v) is 12.0. The van der Waals surface area contributed by atoms with Crippen molar-refractivity contribution in [2.75, 3.05) is 0 Å². The lowest BCUT2D eigenvalue weighted by Gasteiger charge is -2.65. The summed E-state index contributed by atoms with van der Waals surface area (Å²) >= 11 is 14.3. The fourth-order valence-electron chi connectivity index (χ4n) is 9.86. The third kappa shape index (κ3) is 3.56. The SMILES string of the molecule is CC(C)CCC[C@@H](C)[C@H]1CC[C@H]2[C@@H]3C[C@@H]4SC(=S)OC45C[C@@H](Cl)CC[C@]5(C)[C@H]3CC[C@]12C. The Morgan fingerprint density at radius 2 is 1.84 bits per heavy atom. The Balaban J connectivity index is 1.39. The van der Waals surface area contributed by atoms with E-state index in [4.69, 9.17) is 28.6 Å². The molecule has 0 bridgehead atoms. The Morgan fingerprint density at radius 1 is 1.06 bits per heavy atom. The highest BCUT2D eigenvalue weighted by Crippen LogP contribution is 2.72. The highest BCUT2D eigenvalue weighted by atomic mass is 35.5. The van der Waals surface area contributed by atoms with Gasteiger partial charge in [-0.25, -0.2) is 0 Å². The van der Waals surface area contributed by atoms with Crippen LogP contribution in [-0.2, 0) is 4.74 Å². The summed E-state index contributed by atoms with van der Waals surface area (Å²) in [5, 5.41) is 0.771. The summed E-state index contributed by atoms with van der Waals surface area (Å²) in [6.45, 7) is 12.6. The average molecular weight is 497 g/mol. The van der Waals surface area contributed by atoms with E-state index >= 15 is 0 Å². The molecule has 4 aliphatic carbocycles. The molecule has 4 heteroatoms. The first-order valence-electron chi connectivity index (χ1n) is 13.6. The Bertz CT molecular complexity index is 741. The number of fused-ring (bicyclic) bond motifs is 4. The maximum atomic E-state index is 6.78. The molecule has 0 aromatic carbocycles. The normalized spacial score (nSPS) is 50.9. The van der Waals surface area contributed by atoms with Crippen LogP contribution in [0.25, 0.3) is 0 Å². The van der Waals surface area contributed by atoms with Crippen LogP contribution in [0.15, 0.2) is 0 Å². The lowest BCUT2D eigenvalue weighted by molar-refractivity contribution is -0.186. The van der Waals surface area contributed by atoms with E-state index < -0.39 is 0 Å². The first-order chi connectivity index (χ1) is 15.1. The van der Waals surface area contributed by atoms with Crippen molar-refractivity contribution >= 4 is 40.0 Å². The Labute approximate surface area is 211 Å². The number of ether oxygens (including phenoxy) is 1. The van der Waals surface area contributed by atoms with Crippen LogP contribution in [0.1, 0.15) is 105 Å². The predicted molar refractivity (Wildman–Crippen MR) is 142 cm³/mol. The van der Waals surface area contributed by atoms with Crippen molar-refractivity contribution < 1.29 is 4.74 Å². The molecule has 5 aliphatic rings. The minimum absolute atomic E-state index is 0.101. The van der Waals surface area contributed by atoms with Crippen molar-refractivity contribution in [2.24, 2.45) is 46.3 Å². The number of halogens is 1. The van der Waals surface area contributed by atoms with E-state index in [2.05, 4.69) is 34.6 Å². The van der Waals surface area contributed by atoms with Gasteiger partial charge in [-0.05, 0) is 98.1 Å². The molecule has 32 heavy (non-hydrogen) atoms. The third-order valence-corrected chi connectivity index (χ3v) is 13.3. The maximum Gasteiger partial charge on any atom is 0.221 e. The molecule has 1 spiro atoms. The van der Waals surface area contributed by atoms with Crippen LogP contribution in [0.5, 0.6) is 0 Å². The summed E-state index contributed by atoms with van der Waals surface area (Å²) in [5.74, 6) is 5.19. The monoisotopic (exact) mass is 496 g/mol. The van der Waals surface area contributed by atoms with Gasteiger partial charge in [0.1, 0.15) is 5.60 Å². The zero-order valence-electron chi connectivity index (χ0n) is 21.0. The number of alkyl halides is 1. The van der Waals surface area contributed by atoms with Gasteiger partial charge in [0.05, 0.1) is 5.25 Å². The first kappa shape index (κ1) is 24.2. The molecule has 1 heterocycles. The van der Waals surface area contributed by atoms with E-state index in [9.17, 15) is 0 Å². The second kappa shape index (κ2) is 8.58. The highest BCUT2D eigenvalue weighted by Gasteiger charge is 2.71. The van der Waals surface area contributed by atoms with Gasteiger partial charge in [-0.3, -0.25) is 0 Å². The molecular formula is C28H45ClOS2. The van der Waals surface area contributed by atoms with Gasteiger partial charge in [-0.15, -0.1) is 11.6 Å². The Kier molecular flexibility index (Phi) is 6.50. The molecule has 10 atom stereocenters. The molecule has 1 saturated heterocycles. The lowest BCUT2D eigenvalue weighted by Crippen LogP contribution is -2.66. The van der Waals surface area contributed by atoms with Crippen LogP contribution < -0.4 is 0 Å². The van der Waals surface area contributed by atoms with Crippen molar-refractivity contribution in [2.45, 2.75) is 121 Å². The molecule has 0 aromatic heterocycles. The van der Waals surface area contributed by atoms with Crippen LogP contribution in [-0.4, -0.2) is 20.6 Å². The molecule has 0 aromatic rings. The standard InChI is InChI=1S/C28H45ClOS2/c1-17(2)7-6-8-18(3)21-9-10-22-20-15-24-28(30-25(31)32-24)16-19(29)11-14-27(28,5)23(20)12-13-26(21,22)4/h17-24H,6-16H2,1-5H3/t18-,19+,20+,21-,22+,23+,24+,26-,27-,28?/m1/s1. The van der Waals surface area contributed by atoms with E-state index in [1.54, 1.807) is 0 Å². The molecule has 5 fully saturated rings. The Hall–Kier alpha value is 0.530. The third-order valence-electron chi connectivity index (χ3n) is 11.4. The fraction of sp³-hybridized carbons (Fsp3) is 0.964. The smallest absolute Gasteiger partial charge is 0.221 e. The van der Waals surface area contributed by atoms with Crippen LogP contribution in [0.2, 0.25) is 0 Å². The van der Waals surface area contributed by atoms with Crippen molar-refractivity contribution in [3.63, 3.8) is 0 Å². The van der Waals surface area contributed by atoms with Crippen LogP contribution in [0.4, 0.5) is 0 Å². The molecule has 4 saturated carbocycles. The molecule has 0 N–H and O–H groups in total. The summed E-state index contributed by atoms with van der Waals surface area (Å²) in [5.41, 5.74) is 0.682. The highest BCUT2D eigenvalue weighted by molar-refractivity contribution is 8.23. The van der Waals surface area contributed by atoms with E-state index in [1.807, 2.05) is 11.8 Å². The maximum absolute atomic E-state index is 6.78. The summed E-state index contributed by atoms with van der Waals surface area (Å²) in [7, 11) is 0. The predicted octanol–water partition coefficient (Wildman–Crippen LogP) is 8.86. The minimum Gasteiger partial charge on any atom is -0.470 e. The average Bonchev–Trinajstić information content (AvgIpc) is 3.22.